The standard InChI is InChI=1S/C21H24BrN3OS.ClH/c1-14-12-15(2)19-18(13-14)23-21(27-19)25(11-5-10-24(3)4)20(26)16-6-8-17(22)9-7-16;/h6-9,12-13H,5,10-11H2,1-4H3;1H. The molecular formula is C21H25BrClN3OS. The number of halogens is 2. The Morgan fingerprint density at radius 2 is 1.79 bits per heavy atom. The Bertz CT molecular complexity index is 956. The van der Waals surface area contributed by atoms with Gasteiger partial charge >= 0.3 is 0 Å². The van der Waals surface area contributed by atoms with Crippen LogP contribution >= 0.6 is 39.7 Å². The average Bonchev–Trinajstić information content (AvgIpc) is 3.02. The number of fused-ring (bicyclic) bond motifs is 1. The minimum atomic E-state index is -0.00492. The van der Waals surface area contributed by atoms with Crippen molar-refractivity contribution in [2.45, 2.75) is 20.3 Å². The van der Waals surface area contributed by atoms with E-state index in [0.717, 1.165) is 32.8 Å². The third-order valence-electron chi connectivity index (χ3n) is 4.36. The molecular weight excluding hydrogens is 458 g/mol. The van der Waals surface area contributed by atoms with E-state index >= 15 is 0 Å². The molecule has 7 heteroatoms. The lowest BCUT2D eigenvalue weighted by Gasteiger charge is -2.21. The predicted octanol–water partition coefficient (Wildman–Crippen LogP) is 5.70. The van der Waals surface area contributed by atoms with Crippen LogP contribution in [-0.4, -0.2) is 43.0 Å². The zero-order valence-corrected chi connectivity index (χ0v) is 19.7. The molecule has 0 saturated carbocycles. The molecule has 4 nitrogen and oxygen atoms in total. The smallest absolute Gasteiger partial charge is 0.260 e. The van der Waals surface area contributed by atoms with Crippen LogP contribution in [0.5, 0.6) is 0 Å². The normalized spacial score (nSPS) is 10.9. The number of aromatic nitrogens is 1. The van der Waals surface area contributed by atoms with Crippen LogP contribution in [0.1, 0.15) is 27.9 Å². The lowest BCUT2D eigenvalue weighted by molar-refractivity contribution is 0.0986. The quantitative estimate of drug-likeness (QED) is 0.452. The van der Waals surface area contributed by atoms with Gasteiger partial charge in [-0.1, -0.05) is 33.3 Å². The largest absolute Gasteiger partial charge is 0.309 e. The van der Waals surface area contributed by atoms with Crippen molar-refractivity contribution in [1.82, 2.24) is 9.88 Å². The number of carbonyl (C=O) groups excluding carboxylic acids is 1. The molecule has 0 spiro atoms. The molecule has 0 aliphatic carbocycles. The van der Waals surface area contributed by atoms with E-state index < -0.39 is 0 Å². The number of carbonyl (C=O) groups is 1. The third-order valence-corrected chi connectivity index (χ3v) is 6.12. The SMILES string of the molecule is Cc1cc(C)c2sc(N(CCCN(C)C)C(=O)c3ccc(Br)cc3)nc2c1.Cl. The molecule has 0 bridgehead atoms. The van der Waals surface area contributed by atoms with E-state index in [0.29, 0.717) is 12.1 Å². The fraction of sp³-hybridized carbons (Fsp3) is 0.333. The van der Waals surface area contributed by atoms with Crippen molar-refractivity contribution in [3.63, 3.8) is 0 Å². The molecule has 0 N–H and O–H groups in total. The van der Waals surface area contributed by atoms with E-state index in [1.807, 2.05) is 43.3 Å². The molecule has 1 aromatic heterocycles. The van der Waals surface area contributed by atoms with Gasteiger partial charge in [0.1, 0.15) is 0 Å². The van der Waals surface area contributed by atoms with E-state index in [-0.39, 0.29) is 18.3 Å². The molecule has 0 atom stereocenters. The molecule has 0 radical (unpaired) electrons. The van der Waals surface area contributed by atoms with E-state index in [9.17, 15) is 4.79 Å². The van der Waals surface area contributed by atoms with Crippen LogP contribution in [0.25, 0.3) is 10.2 Å². The molecule has 150 valence electrons. The summed E-state index contributed by atoms with van der Waals surface area (Å²) < 4.78 is 2.11. The van der Waals surface area contributed by atoms with Crippen molar-refractivity contribution in [2.75, 3.05) is 32.1 Å². The zero-order valence-electron chi connectivity index (χ0n) is 16.5. The lowest BCUT2D eigenvalue weighted by Crippen LogP contribution is -2.33. The number of anilines is 1. The van der Waals surface area contributed by atoms with Gasteiger partial charge in [0.25, 0.3) is 5.91 Å². The van der Waals surface area contributed by atoms with Crippen LogP contribution in [-0.2, 0) is 0 Å². The molecule has 0 fully saturated rings. The maximum absolute atomic E-state index is 13.2. The fourth-order valence-electron chi connectivity index (χ4n) is 3.06. The highest BCUT2D eigenvalue weighted by molar-refractivity contribution is 9.10. The lowest BCUT2D eigenvalue weighted by atomic mass is 10.1. The van der Waals surface area contributed by atoms with E-state index in [2.05, 4.69) is 46.8 Å². The van der Waals surface area contributed by atoms with Crippen molar-refractivity contribution in [1.29, 1.82) is 0 Å². The van der Waals surface area contributed by atoms with Crippen molar-refractivity contribution >= 4 is 60.9 Å². The molecule has 1 heterocycles. The number of hydrogen-bond acceptors (Lipinski definition) is 4. The number of benzene rings is 2. The molecule has 2 aromatic carbocycles. The van der Waals surface area contributed by atoms with Gasteiger partial charge in [0.2, 0.25) is 0 Å². The molecule has 0 saturated heterocycles. The Hall–Kier alpha value is -1.47. The Morgan fingerprint density at radius 1 is 1.11 bits per heavy atom. The molecule has 0 unspecified atom stereocenters. The van der Waals surface area contributed by atoms with Crippen LogP contribution in [0.2, 0.25) is 0 Å². The van der Waals surface area contributed by atoms with Crippen LogP contribution in [0, 0.1) is 13.8 Å². The van der Waals surface area contributed by atoms with Gasteiger partial charge in [0.05, 0.1) is 10.2 Å². The van der Waals surface area contributed by atoms with E-state index in [1.165, 1.54) is 11.1 Å². The average molecular weight is 483 g/mol. The Kier molecular flexibility index (Phi) is 8.01. The summed E-state index contributed by atoms with van der Waals surface area (Å²) in [6, 6.07) is 11.8. The maximum Gasteiger partial charge on any atom is 0.260 e. The van der Waals surface area contributed by atoms with E-state index in [4.69, 9.17) is 4.98 Å². The van der Waals surface area contributed by atoms with Gasteiger partial charge in [-0.05, 0) is 82.4 Å². The summed E-state index contributed by atoms with van der Waals surface area (Å²) in [4.78, 5) is 22.0. The van der Waals surface area contributed by atoms with Gasteiger partial charge < -0.3 is 4.90 Å². The van der Waals surface area contributed by atoms with Gasteiger partial charge in [0, 0.05) is 16.6 Å². The third kappa shape index (κ3) is 5.32. The van der Waals surface area contributed by atoms with Gasteiger partial charge in [-0.25, -0.2) is 4.98 Å². The van der Waals surface area contributed by atoms with Crippen LogP contribution in [0.3, 0.4) is 0 Å². The summed E-state index contributed by atoms with van der Waals surface area (Å²) in [7, 11) is 4.09. The molecule has 3 aromatic rings. The molecule has 3 rings (SSSR count). The highest BCUT2D eigenvalue weighted by Crippen LogP contribution is 2.33. The van der Waals surface area contributed by atoms with E-state index in [1.54, 1.807) is 11.3 Å². The Balaban J connectivity index is 0.00000280. The van der Waals surface area contributed by atoms with Crippen molar-refractivity contribution in [2.24, 2.45) is 0 Å². The van der Waals surface area contributed by atoms with Crippen molar-refractivity contribution in [3.8, 4) is 0 Å². The maximum atomic E-state index is 13.2. The number of nitrogens with zero attached hydrogens (tertiary/aromatic N) is 3. The first-order valence-electron chi connectivity index (χ1n) is 8.95. The number of amides is 1. The summed E-state index contributed by atoms with van der Waals surface area (Å²) >= 11 is 5.03. The first-order valence-corrected chi connectivity index (χ1v) is 10.6. The van der Waals surface area contributed by atoms with Crippen LogP contribution < -0.4 is 4.90 Å². The van der Waals surface area contributed by atoms with Gasteiger partial charge in [-0.15, -0.1) is 12.4 Å². The molecule has 1 amide bonds. The van der Waals surface area contributed by atoms with Crippen LogP contribution in [0.15, 0.2) is 40.9 Å². The molecule has 0 aliphatic heterocycles. The Morgan fingerprint density at radius 3 is 2.43 bits per heavy atom. The van der Waals surface area contributed by atoms with Gasteiger partial charge in [-0.2, -0.15) is 0 Å². The minimum Gasteiger partial charge on any atom is -0.309 e. The molecule has 28 heavy (non-hydrogen) atoms. The second-order valence-corrected chi connectivity index (χ2v) is 8.94. The minimum absolute atomic E-state index is 0. The monoisotopic (exact) mass is 481 g/mol. The van der Waals surface area contributed by atoms with Crippen molar-refractivity contribution in [3.05, 3.63) is 57.6 Å². The second kappa shape index (κ2) is 9.83. The Labute approximate surface area is 185 Å². The first-order chi connectivity index (χ1) is 12.8. The summed E-state index contributed by atoms with van der Waals surface area (Å²) in [5.74, 6) is -0.00492. The number of aryl methyl sites for hydroxylation is 2. The molecule has 0 aliphatic rings. The number of rotatable bonds is 6. The second-order valence-electron chi connectivity index (χ2n) is 7.05. The fourth-order valence-corrected chi connectivity index (χ4v) is 4.36. The predicted molar refractivity (Wildman–Crippen MR) is 125 cm³/mol. The summed E-state index contributed by atoms with van der Waals surface area (Å²) in [6.07, 6.45) is 0.892. The summed E-state index contributed by atoms with van der Waals surface area (Å²) in [5.41, 5.74) is 4.04. The number of hydrogen-bond donors (Lipinski definition) is 0. The summed E-state index contributed by atoms with van der Waals surface area (Å²) in [6.45, 7) is 5.75. The van der Waals surface area contributed by atoms with Crippen LogP contribution in [0.4, 0.5) is 5.13 Å². The summed E-state index contributed by atoms with van der Waals surface area (Å²) in [5, 5.41) is 0.769. The zero-order chi connectivity index (χ0) is 19.6. The van der Waals surface area contributed by atoms with Crippen molar-refractivity contribution < 1.29 is 4.79 Å². The highest BCUT2D eigenvalue weighted by Gasteiger charge is 2.21. The topological polar surface area (TPSA) is 36.4 Å². The first kappa shape index (κ1) is 22.8. The van der Waals surface area contributed by atoms with Gasteiger partial charge in [0.15, 0.2) is 5.13 Å². The number of thiazole rings is 1. The van der Waals surface area contributed by atoms with Gasteiger partial charge in [-0.3, -0.25) is 9.69 Å². The highest BCUT2D eigenvalue weighted by atomic mass is 79.9.